The first-order chi connectivity index (χ1) is 6.22. The SMILES string of the molecule is CCOCn1cnc(CC(C)N)c1. The van der Waals surface area contributed by atoms with Gasteiger partial charge in [0.05, 0.1) is 12.0 Å². The maximum Gasteiger partial charge on any atom is 0.123 e. The normalized spacial score (nSPS) is 13.2. The second-order valence-corrected chi connectivity index (χ2v) is 3.18. The lowest BCUT2D eigenvalue weighted by Gasteiger charge is -2.01. The van der Waals surface area contributed by atoms with E-state index in [-0.39, 0.29) is 6.04 Å². The molecule has 0 aliphatic carbocycles. The van der Waals surface area contributed by atoms with Crippen LogP contribution >= 0.6 is 0 Å². The molecule has 0 saturated heterocycles. The summed E-state index contributed by atoms with van der Waals surface area (Å²) in [5, 5.41) is 0. The van der Waals surface area contributed by atoms with Crippen molar-refractivity contribution in [3.8, 4) is 0 Å². The lowest BCUT2D eigenvalue weighted by Crippen LogP contribution is -2.17. The Morgan fingerprint density at radius 2 is 2.46 bits per heavy atom. The average molecular weight is 183 g/mol. The van der Waals surface area contributed by atoms with Crippen LogP contribution in [0.15, 0.2) is 12.5 Å². The molecule has 0 aromatic carbocycles. The molecule has 4 heteroatoms. The molecule has 1 unspecified atom stereocenters. The van der Waals surface area contributed by atoms with Crippen LogP contribution in [0.2, 0.25) is 0 Å². The fourth-order valence-corrected chi connectivity index (χ4v) is 1.11. The Bertz CT molecular complexity index is 245. The van der Waals surface area contributed by atoms with Crippen molar-refractivity contribution in [3.05, 3.63) is 18.2 Å². The van der Waals surface area contributed by atoms with Crippen molar-refractivity contribution < 1.29 is 4.74 Å². The highest BCUT2D eigenvalue weighted by atomic mass is 16.5. The van der Waals surface area contributed by atoms with Gasteiger partial charge in [0.1, 0.15) is 6.73 Å². The maximum atomic E-state index is 5.65. The van der Waals surface area contributed by atoms with Crippen LogP contribution in [-0.2, 0) is 17.9 Å². The Morgan fingerprint density at radius 1 is 1.69 bits per heavy atom. The monoisotopic (exact) mass is 183 g/mol. The van der Waals surface area contributed by atoms with Crippen molar-refractivity contribution in [3.63, 3.8) is 0 Å². The van der Waals surface area contributed by atoms with E-state index < -0.39 is 0 Å². The molecule has 74 valence electrons. The van der Waals surface area contributed by atoms with Gasteiger partial charge >= 0.3 is 0 Å². The van der Waals surface area contributed by atoms with Crippen LogP contribution < -0.4 is 5.73 Å². The van der Waals surface area contributed by atoms with E-state index >= 15 is 0 Å². The minimum absolute atomic E-state index is 0.162. The summed E-state index contributed by atoms with van der Waals surface area (Å²) in [6.45, 7) is 5.24. The summed E-state index contributed by atoms with van der Waals surface area (Å²) >= 11 is 0. The second-order valence-electron chi connectivity index (χ2n) is 3.18. The molecule has 0 spiro atoms. The first-order valence-electron chi connectivity index (χ1n) is 4.56. The number of nitrogens with two attached hydrogens (primary N) is 1. The topological polar surface area (TPSA) is 53.1 Å². The van der Waals surface area contributed by atoms with Crippen LogP contribution in [0.3, 0.4) is 0 Å². The molecule has 0 fully saturated rings. The quantitative estimate of drug-likeness (QED) is 0.733. The van der Waals surface area contributed by atoms with Crippen LogP contribution in [-0.4, -0.2) is 22.2 Å². The molecule has 0 amide bonds. The number of imidazole rings is 1. The number of aromatic nitrogens is 2. The summed E-state index contributed by atoms with van der Waals surface area (Å²) in [4.78, 5) is 4.21. The number of nitrogens with zero attached hydrogens (tertiary/aromatic N) is 2. The third-order valence-corrected chi connectivity index (χ3v) is 1.66. The highest BCUT2D eigenvalue weighted by molar-refractivity contribution is 4.98. The third-order valence-electron chi connectivity index (χ3n) is 1.66. The molecular formula is C9H17N3O. The number of hydrogen-bond acceptors (Lipinski definition) is 3. The zero-order chi connectivity index (χ0) is 9.68. The number of rotatable bonds is 5. The van der Waals surface area contributed by atoms with Gasteiger partial charge in [0.25, 0.3) is 0 Å². The molecular weight excluding hydrogens is 166 g/mol. The van der Waals surface area contributed by atoms with Gasteiger partial charge in [0.2, 0.25) is 0 Å². The van der Waals surface area contributed by atoms with Crippen molar-refractivity contribution in [2.45, 2.75) is 33.0 Å². The summed E-state index contributed by atoms with van der Waals surface area (Å²) < 4.78 is 7.15. The van der Waals surface area contributed by atoms with Gasteiger partial charge in [-0.15, -0.1) is 0 Å². The van der Waals surface area contributed by atoms with Crippen molar-refractivity contribution in [1.29, 1.82) is 0 Å². The van der Waals surface area contributed by atoms with Gasteiger partial charge in [-0.2, -0.15) is 0 Å². The third kappa shape index (κ3) is 3.57. The predicted octanol–water partition coefficient (Wildman–Crippen LogP) is 0.767. The highest BCUT2D eigenvalue weighted by Gasteiger charge is 2.01. The molecule has 0 aliphatic heterocycles. The minimum atomic E-state index is 0.162. The zero-order valence-corrected chi connectivity index (χ0v) is 8.23. The largest absolute Gasteiger partial charge is 0.361 e. The Hall–Kier alpha value is -0.870. The van der Waals surface area contributed by atoms with Gasteiger partial charge in [-0.3, -0.25) is 0 Å². The van der Waals surface area contributed by atoms with Gasteiger partial charge in [-0.1, -0.05) is 0 Å². The van der Waals surface area contributed by atoms with Crippen LogP contribution in [0.5, 0.6) is 0 Å². The standard InChI is InChI=1S/C9H17N3O/c1-3-13-7-12-5-9(11-6-12)4-8(2)10/h5-6,8H,3-4,7,10H2,1-2H3. The van der Waals surface area contributed by atoms with Gasteiger partial charge in [-0.25, -0.2) is 4.98 Å². The van der Waals surface area contributed by atoms with Gasteiger partial charge in [0.15, 0.2) is 0 Å². The lowest BCUT2D eigenvalue weighted by molar-refractivity contribution is 0.0877. The van der Waals surface area contributed by atoms with Gasteiger partial charge in [0, 0.05) is 25.3 Å². The predicted molar refractivity (Wildman–Crippen MR) is 51.2 cm³/mol. The van der Waals surface area contributed by atoms with Crippen molar-refractivity contribution in [2.75, 3.05) is 6.61 Å². The molecule has 1 heterocycles. The molecule has 2 N–H and O–H groups in total. The molecule has 0 aliphatic rings. The van der Waals surface area contributed by atoms with E-state index in [0.29, 0.717) is 6.73 Å². The van der Waals surface area contributed by atoms with E-state index in [1.165, 1.54) is 0 Å². The van der Waals surface area contributed by atoms with Crippen LogP contribution in [0.4, 0.5) is 0 Å². The lowest BCUT2D eigenvalue weighted by atomic mass is 10.2. The summed E-state index contributed by atoms with van der Waals surface area (Å²) in [6, 6.07) is 0.162. The molecule has 1 aromatic rings. The van der Waals surface area contributed by atoms with E-state index in [2.05, 4.69) is 4.98 Å². The van der Waals surface area contributed by atoms with Crippen LogP contribution in [0.1, 0.15) is 19.5 Å². The average Bonchev–Trinajstić information content (AvgIpc) is 2.48. The van der Waals surface area contributed by atoms with Crippen molar-refractivity contribution >= 4 is 0 Å². The zero-order valence-electron chi connectivity index (χ0n) is 8.23. The molecule has 0 saturated carbocycles. The molecule has 13 heavy (non-hydrogen) atoms. The molecule has 0 bridgehead atoms. The highest BCUT2D eigenvalue weighted by Crippen LogP contribution is 1.99. The Morgan fingerprint density at radius 3 is 3.08 bits per heavy atom. The summed E-state index contributed by atoms with van der Waals surface area (Å²) in [6.07, 6.45) is 4.56. The van der Waals surface area contributed by atoms with E-state index in [1.54, 1.807) is 6.33 Å². The van der Waals surface area contributed by atoms with E-state index in [0.717, 1.165) is 18.7 Å². The summed E-state index contributed by atoms with van der Waals surface area (Å²) in [5.74, 6) is 0. The fourth-order valence-electron chi connectivity index (χ4n) is 1.11. The smallest absolute Gasteiger partial charge is 0.123 e. The number of hydrogen-bond donors (Lipinski definition) is 1. The Kier molecular flexibility index (Phi) is 3.92. The Labute approximate surface area is 78.7 Å². The van der Waals surface area contributed by atoms with E-state index in [1.807, 2.05) is 24.6 Å². The van der Waals surface area contributed by atoms with E-state index in [9.17, 15) is 0 Å². The van der Waals surface area contributed by atoms with Gasteiger partial charge < -0.3 is 15.0 Å². The summed E-state index contributed by atoms with van der Waals surface area (Å²) in [5.41, 5.74) is 6.68. The Balaban J connectivity index is 2.44. The van der Waals surface area contributed by atoms with Crippen LogP contribution in [0.25, 0.3) is 0 Å². The molecule has 1 rings (SSSR count). The first-order valence-corrected chi connectivity index (χ1v) is 4.56. The number of ether oxygens (including phenoxy) is 1. The fraction of sp³-hybridized carbons (Fsp3) is 0.667. The van der Waals surface area contributed by atoms with E-state index in [4.69, 9.17) is 10.5 Å². The van der Waals surface area contributed by atoms with Crippen molar-refractivity contribution in [2.24, 2.45) is 5.73 Å². The van der Waals surface area contributed by atoms with Gasteiger partial charge in [-0.05, 0) is 13.8 Å². The first kappa shape index (κ1) is 10.2. The second kappa shape index (κ2) is 4.99. The maximum absolute atomic E-state index is 5.65. The molecule has 1 aromatic heterocycles. The van der Waals surface area contributed by atoms with Crippen LogP contribution in [0, 0.1) is 0 Å². The van der Waals surface area contributed by atoms with Crippen molar-refractivity contribution in [1.82, 2.24) is 9.55 Å². The molecule has 1 atom stereocenters. The molecule has 4 nitrogen and oxygen atoms in total. The molecule has 0 radical (unpaired) electrons. The minimum Gasteiger partial charge on any atom is -0.361 e. The summed E-state index contributed by atoms with van der Waals surface area (Å²) in [7, 11) is 0.